The van der Waals surface area contributed by atoms with Gasteiger partial charge >= 0.3 is 8.25 Å². The molecule has 0 radical (unpaired) electrons. The van der Waals surface area contributed by atoms with Gasteiger partial charge in [0.15, 0.2) is 0 Å². The zero-order valence-electron chi connectivity index (χ0n) is 6.45. The molecule has 0 aliphatic carbocycles. The van der Waals surface area contributed by atoms with Crippen molar-refractivity contribution in [3.05, 3.63) is 35.4 Å². The second-order valence-corrected chi connectivity index (χ2v) is 3.67. The van der Waals surface area contributed by atoms with Crippen LogP contribution < -0.4 is 0 Å². The Kier molecular flexibility index (Phi) is 2.26. The highest BCUT2D eigenvalue weighted by Gasteiger charge is 2.10. The molecule has 0 saturated carbocycles. The topological polar surface area (TPSA) is 35.5 Å². The summed E-state index contributed by atoms with van der Waals surface area (Å²) in [5, 5.41) is 0. The molecule has 12 heavy (non-hydrogen) atoms. The van der Waals surface area contributed by atoms with Crippen LogP contribution in [0.4, 0.5) is 0 Å². The quantitative estimate of drug-likeness (QED) is 0.579. The third kappa shape index (κ3) is 1.58. The fraction of sp³-hybridized carbons (Fsp3) is 0.250. The van der Waals surface area contributed by atoms with E-state index >= 15 is 0 Å². The Morgan fingerprint density at radius 1 is 1.08 bits per heavy atom. The molecule has 1 aliphatic heterocycles. The molecule has 0 aromatic heterocycles. The standard InChI is InChI=1S/C8H9O3P/c9-12-10-5-7-3-1-2-4-8(7)6-11-12/h1-4,12H,5-6H2. The van der Waals surface area contributed by atoms with Crippen molar-refractivity contribution in [2.24, 2.45) is 0 Å². The molecular formula is C8H9O3P. The van der Waals surface area contributed by atoms with Crippen molar-refractivity contribution < 1.29 is 13.6 Å². The van der Waals surface area contributed by atoms with Gasteiger partial charge in [0, 0.05) is 0 Å². The van der Waals surface area contributed by atoms with Crippen molar-refractivity contribution in [1.29, 1.82) is 0 Å². The van der Waals surface area contributed by atoms with Crippen LogP contribution >= 0.6 is 8.25 Å². The number of hydrogen-bond donors (Lipinski definition) is 0. The SMILES string of the molecule is O=[PH]1OCc2ccccc2CO1. The molecule has 0 saturated heterocycles. The highest BCUT2D eigenvalue weighted by atomic mass is 31.1. The summed E-state index contributed by atoms with van der Waals surface area (Å²) < 4.78 is 20.8. The minimum absolute atomic E-state index is 0.397. The Labute approximate surface area is 71.3 Å². The van der Waals surface area contributed by atoms with Gasteiger partial charge in [0.2, 0.25) is 0 Å². The second-order valence-electron chi connectivity index (χ2n) is 2.60. The average molecular weight is 184 g/mol. The van der Waals surface area contributed by atoms with E-state index in [0.717, 1.165) is 11.1 Å². The lowest BCUT2D eigenvalue weighted by Crippen LogP contribution is -1.89. The monoisotopic (exact) mass is 184 g/mol. The van der Waals surface area contributed by atoms with Crippen LogP contribution in [0.25, 0.3) is 0 Å². The summed E-state index contributed by atoms with van der Waals surface area (Å²) in [6.45, 7) is 0.794. The van der Waals surface area contributed by atoms with E-state index in [4.69, 9.17) is 9.05 Å². The van der Waals surface area contributed by atoms with Crippen molar-refractivity contribution in [2.75, 3.05) is 0 Å². The van der Waals surface area contributed by atoms with Gasteiger partial charge in [0.25, 0.3) is 0 Å². The predicted octanol–water partition coefficient (Wildman–Crippen LogP) is 2.12. The molecule has 3 nitrogen and oxygen atoms in total. The molecule has 0 bridgehead atoms. The van der Waals surface area contributed by atoms with Crippen LogP contribution in [0.15, 0.2) is 24.3 Å². The van der Waals surface area contributed by atoms with Crippen LogP contribution in [-0.4, -0.2) is 0 Å². The normalized spacial score (nSPS) is 18.3. The molecule has 0 N–H and O–H groups in total. The predicted molar refractivity (Wildman–Crippen MR) is 45.0 cm³/mol. The van der Waals surface area contributed by atoms with Crippen molar-refractivity contribution in [2.45, 2.75) is 13.2 Å². The summed E-state index contributed by atoms with van der Waals surface area (Å²) in [6, 6.07) is 7.79. The lowest BCUT2D eigenvalue weighted by atomic mass is 10.1. The Hall–Kier alpha value is -0.630. The molecule has 0 amide bonds. The van der Waals surface area contributed by atoms with E-state index in [1.54, 1.807) is 0 Å². The Balaban J connectivity index is 2.32. The van der Waals surface area contributed by atoms with Crippen LogP contribution in [0, 0.1) is 0 Å². The molecule has 0 spiro atoms. The van der Waals surface area contributed by atoms with Crippen LogP contribution in [-0.2, 0) is 26.8 Å². The third-order valence-electron chi connectivity index (χ3n) is 1.81. The highest BCUT2D eigenvalue weighted by molar-refractivity contribution is 7.33. The maximum absolute atomic E-state index is 10.9. The van der Waals surface area contributed by atoms with Gasteiger partial charge in [-0.3, -0.25) is 4.57 Å². The highest BCUT2D eigenvalue weighted by Crippen LogP contribution is 2.31. The first-order chi connectivity index (χ1) is 5.86. The maximum Gasteiger partial charge on any atom is 0.319 e. The fourth-order valence-corrected chi connectivity index (χ4v) is 1.78. The smallest absolute Gasteiger partial charge is 0.306 e. The van der Waals surface area contributed by atoms with Gasteiger partial charge < -0.3 is 9.05 Å². The van der Waals surface area contributed by atoms with Gasteiger partial charge in [-0.05, 0) is 11.1 Å². The largest absolute Gasteiger partial charge is 0.319 e. The van der Waals surface area contributed by atoms with E-state index in [0.29, 0.717) is 13.2 Å². The van der Waals surface area contributed by atoms with Crippen LogP contribution in [0.2, 0.25) is 0 Å². The summed E-state index contributed by atoms with van der Waals surface area (Å²) in [5.74, 6) is 0. The molecule has 1 heterocycles. The van der Waals surface area contributed by atoms with Crippen molar-refractivity contribution >= 4 is 8.25 Å². The zero-order chi connectivity index (χ0) is 8.39. The molecule has 0 atom stereocenters. The van der Waals surface area contributed by atoms with Crippen molar-refractivity contribution in [3.8, 4) is 0 Å². The van der Waals surface area contributed by atoms with Gasteiger partial charge in [0.1, 0.15) is 0 Å². The first-order valence-corrected chi connectivity index (χ1v) is 4.95. The Morgan fingerprint density at radius 3 is 2.08 bits per heavy atom. The average Bonchev–Trinajstić information content (AvgIpc) is 2.29. The molecule has 64 valence electrons. The van der Waals surface area contributed by atoms with E-state index < -0.39 is 8.25 Å². The molecular weight excluding hydrogens is 175 g/mol. The molecule has 1 aromatic rings. The van der Waals surface area contributed by atoms with Crippen molar-refractivity contribution in [3.63, 3.8) is 0 Å². The summed E-state index contributed by atoms with van der Waals surface area (Å²) in [4.78, 5) is 0. The van der Waals surface area contributed by atoms with Gasteiger partial charge in [-0.1, -0.05) is 24.3 Å². The summed E-state index contributed by atoms with van der Waals surface area (Å²) in [6.07, 6.45) is 0. The van der Waals surface area contributed by atoms with Gasteiger partial charge in [-0.2, -0.15) is 0 Å². The lowest BCUT2D eigenvalue weighted by molar-refractivity contribution is 0.229. The minimum atomic E-state index is -2.25. The van der Waals surface area contributed by atoms with Crippen LogP contribution in [0.5, 0.6) is 0 Å². The van der Waals surface area contributed by atoms with Crippen LogP contribution in [0.1, 0.15) is 11.1 Å². The van der Waals surface area contributed by atoms with Gasteiger partial charge in [-0.15, -0.1) is 0 Å². The Morgan fingerprint density at radius 2 is 1.58 bits per heavy atom. The van der Waals surface area contributed by atoms with E-state index in [-0.39, 0.29) is 0 Å². The molecule has 1 aromatic carbocycles. The molecule has 1 aliphatic rings. The third-order valence-corrected chi connectivity index (χ3v) is 2.57. The fourth-order valence-electron chi connectivity index (χ4n) is 1.15. The second kappa shape index (κ2) is 3.40. The van der Waals surface area contributed by atoms with Crippen molar-refractivity contribution in [1.82, 2.24) is 0 Å². The van der Waals surface area contributed by atoms with Crippen LogP contribution in [0.3, 0.4) is 0 Å². The molecule has 2 rings (SSSR count). The first-order valence-electron chi connectivity index (χ1n) is 3.72. The maximum atomic E-state index is 10.9. The lowest BCUT2D eigenvalue weighted by Gasteiger charge is -2.00. The molecule has 0 fully saturated rings. The van der Waals surface area contributed by atoms with Gasteiger partial charge in [0.05, 0.1) is 13.2 Å². The number of benzene rings is 1. The summed E-state index contributed by atoms with van der Waals surface area (Å²) >= 11 is 0. The summed E-state index contributed by atoms with van der Waals surface area (Å²) in [7, 11) is -2.25. The molecule has 0 unspecified atom stereocenters. The van der Waals surface area contributed by atoms with E-state index in [9.17, 15) is 4.57 Å². The summed E-state index contributed by atoms with van der Waals surface area (Å²) in [5.41, 5.74) is 2.13. The van der Waals surface area contributed by atoms with E-state index in [1.807, 2.05) is 24.3 Å². The first kappa shape index (κ1) is 7.99. The van der Waals surface area contributed by atoms with E-state index in [1.165, 1.54) is 0 Å². The molecule has 4 heteroatoms. The number of hydrogen-bond acceptors (Lipinski definition) is 3. The van der Waals surface area contributed by atoms with E-state index in [2.05, 4.69) is 0 Å². The van der Waals surface area contributed by atoms with Gasteiger partial charge in [-0.25, -0.2) is 0 Å². The minimum Gasteiger partial charge on any atom is -0.306 e. The zero-order valence-corrected chi connectivity index (χ0v) is 7.45. The Bertz CT molecular complexity index is 282. The number of fused-ring (bicyclic) bond motifs is 1. The number of rotatable bonds is 0.